The molecule has 0 spiro atoms. The predicted molar refractivity (Wildman–Crippen MR) is 90.1 cm³/mol. The lowest BCUT2D eigenvalue weighted by Crippen LogP contribution is -2.57. The first-order valence-corrected chi connectivity index (χ1v) is 9.21. The minimum Gasteiger partial charge on any atom is -0.462 e. The third-order valence-corrected chi connectivity index (χ3v) is 6.52. The van der Waals surface area contributed by atoms with Gasteiger partial charge in [0, 0.05) is 26.2 Å². The van der Waals surface area contributed by atoms with Gasteiger partial charge in [-0.05, 0) is 20.3 Å². The van der Waals surface area contributed by atoms with Crippen molar-refractivity contribution in [3.63, 3.8) is 0 Å². The van der Waals surface area contributed by atoms with Gasteiger partial charge in [-0.2, -0.15) is 0 Å². The van der Waals surface area contributed by atoms with Crippen LogP contribution in [0.4, 0.5) is 0 Å². The summed E-state index contributed by atoms with van der Waals surface area (Å²) < 4.78 is 16.5. The zero-order chi connectivity index (χ0) is 20.3. The maximum atomic E-state index is 13.4. The second-order valence-electron chi connectivity index (χ2n) is 8.47. The molecule has 3 aliphatic rings. The van der Waals surface area contributed by atoms with Crippen LogP contribution >= 0.6 is 0 Å². The van der Waals surface area contributed by atoms with E-state index in [9.17, 15) is 24.3 Å². The Morgan fingerprint density at radius 3 is 2.30 bits per heavy atom. The lowest BCUT2D eigenvalue weighted by molar-refractivity contribution is -0.181. The summed E-state index contributed by atoms with van der Waals surface area (Å²) in [6.45, 7) is 7.25. The third kappa shape index (κ3) is 2.94. The summed E-state index contributed by atoms with van der Waals surface area (Å²) in [7, 11) is 0. The van der Waals surface area contributed by atoms with Crippen molar-refractivity contribution >= 4 is 23.7 Å². The van der Waals surface area contributed by atoms with Crippen molar-refractivity contribution in [1.29, 1.82) is 0 Å². The number of carbonyl (C=O) groups excluding carboxylic acids is 4. The maximum absolute atomic E-state index is 13.4. The van der Waals surface area contributed by atoms with Crippen molar-refractivity contribution in [1.82, 2.24) is 0 Å². The van der Waals surface area contributed by atoms with E-state index >= 15 is 0 Å². The molecule has 0 aromatic rings. The predicted octanol–water partition coefficient (Wildman–Crippen LogP) is 0.777. The topological polar surface area (TPSA) is 116 Å². The fraction of sp³-hybridized carbons (Fsp3) is 0.789. The maximum Gasteiger partial charge on any atom is 0.309 e. The van der Waals surface area contributed by atoms with Crippen molar-refractivity contribution < 1.29 is 38.5 Å². The smallest absolute Gasteiger partial charge is 0.309 e. The van der Waals surface area contributed by atoms with E-state index in [0.29, 0.717) is 0 Å². The van der Waals surface area contributed by atoms with Gasteiger partial charge in [0.1, 0.15) is 23.7 Å². The SMILES string of the molecule is CC(=O)O[C@H]1C[C@@H]2C(=O)[C@@]1(C)[C@@H](OC(C)=O)[C@@H]1[C@H](C)C(=O)O[C@@H]1C[C@@]2(C)O. The van der Waals surface area contributed by atoms with Gasteiger partial charge in [-0.1, -0.05) is 6.92 Å². The molecule has 0 radical (unpaired) electrons. The largest absolute Gasteiger partial charge is 0.462 e. The van der Waals surface area contributed by atoms with Gasteiger partial charge in [-0.25, -0.2) is 0 Å². The zero-order valence-electron chi connectivity index (χ0n) is 16.2. The number of esters is 3. The molecule has 2 saturated carbocycles. The summed E-state index contributed by atoms with van der Waals surface area (Å²) in [5, 5.41) is 11.0. The Kier molecular flexibility index (Phi) is 4.61. The highest BCUT2D eigenvalue weighted by atomic mass is 16.6. The van der Waals surface area contributed by atoms with E-state index in [4.69, 9.17) is 14.2 Å². The van der Waals surface area contributed by atoms with Crippen LogP contribution in [0, 0.1) is 23.2 Å². The Labute approximate surface area is 157 Å². The Balaban J connectivity index is 2.17. The molecule has 0 unspecified atom stereocenters. The van der Waals surface area contributed by atoms with Gasteiger partial charge in [0.2, 0.25) is 0 Å². The van der Waals surface area contributed by atoms with Crippen LogP contribution < -0.4 is 0 Å². The minimum absolute atomic E-state index is 0.0464. The molecule has 8 heteroatoms. The third-order valence-electron chi connectivity index (χ3n) is 6.52. The lowest BCUT2D eigenvalue weighted by Gasteiger charge is -2.44. The standard InChI is InChI=1S/C19H26O8/c1-8-14-12(27-17(8)23)7-18(4,24)11-6-13(25-9(2)20)19(5,15(11)22)16(14)26-10(3)21/h8,11-14,16,24H,6-7H2,1-5H3/t8-,11+,12+,13-,14+,16-,18+,19-/m0/s1. The van der Waals surface area contributed by atoms with E-state index in [1.807, 2.05) is 0 Å². The molecular weight excluding hydrogens is 356 g/mol. The van der Waals surface area contributed by atoms with Crippen LogP contribution in [0.15, 0.2) is 0 Å². The number of hydrogen-bond acceptors (Lipinski definition) is 8. The van der Waals surface area contributed by atoms with Gasteiger partial charge >= 0.3 is 17.9 Å². The number of Topliss-reactive ketones (excluding diaryl/α,β-unsaturated/α-hetero) is 1. The molecule has 3 fully saturated rings. The van der Waals surface area contributed by atoms with Crippen LogP contribution in [0.5, 0.6) is 0 Å². The Morgan fingerprint density at radius 2 is 1.74 bits per heavy atom. The van der Waals surface area contributed by atoms with E-state index in [1.165, 1.54) is 20.8 Å². The Hall–Kier alpha value is -1.96. The fourth-order valence-corrected chi connectivity index (χ4v) is 5.11. The number of aliphatic hydroxyl groups is 1. The molecule has 2 aliphatic carbocycles. The van der Waals surface area contributed by atoms with E-state index in [0.717, 1.165) is 0 Å². The van der Waals surface area contributed by atoms with Crippen molar-refractivity contribution in [2.75, 3.05) is 0 Å². The van der Waals surface area contributed by atoms with Crippen LogP contribution in [-0.2, 0) is 33.4 Å². The first kappa shape index (κ1) is 19.8. The van der Waals surface area contributed by atoms with Crippen LogP contribution in [0.2, 0.25) is 0 Å². The van der Waals surface area contributed by atoms with Gasteiger partial charge in [0.05, 0.1) is 17.4 Å². The Morgan fingerprint density at radius 1 is 1.15 bits per heavy atom. The number of ether oxygens (including phenoxy) is 3. The molecule has 8 atom stereocenters. The average molecular weight is 382 g/mol. The fourth-order valence-electron chi connectivity index (χ4n) is 5.11. The van der Waals surface area contributed by atoms with Crippen molar-refractivity contribution in [3.8, 4) is 0 Å². The molecule has 1 heterocycles. The molecule has 27 heavy (non-hydrogen) atoms. The summed E-state index contributed by atoms with van der Waals surface area (Å²) in [5.41, 5.74) is -2.82. The molecule has 1 aliphatic heterocycles. The van der Waals surface area contributed by atoms with Gasteiger partial charge in [-0.3, -0.25) is 19.2 Å². The van der Waals surface area contributed by atoms with Crippen molar-refractivity contribution in [2.24, 2.45) is 23.2 Å². The zero-order valence-corrected chi connectivity index (χ0v) is 16.2. The van der Waals surface area contributed by atoms with E-state index in [1.54, 1.807) is 13.8 Å². The molecule has 0 aromatic heterocycles. The molecule has 0 aromatic carbocycles. The average Bonchev–Trinajstić information content (AvgIpc) is 2.94. The van der Waals surface area contributed by atoms with Gasteiger partial charge in [0.25, 0.3) is 0 Å². The quantitative estimate of drug-likeness (QED) is 0.550. The van der Waals surface area contributed by atoms with Crippen LogP contribution in [0.3, 0.4) is 0 Å². The summed E-state index contributed by atoms with van der Waals surface area (Å²) in [6, 6.07) is 0. The first-order chi connectivity index (χ1) is 12.4. The number of ketones is 1. The van der Waals surface area contributed by atoms with E-state index < -0.39 is 65.0 Å². The highest BCUT2D eigenvalue weighted by molar-refractivity contribution is 5.92. The summed E-state index contributed by atoms with van der Waals surface area (Å²) in [6.07, 6.45) is -2.39. The number of carbonyl (C=O) groups is 4. The van der Waals surface area contributed by atoms with Gasteiger partial charge in [-0.15, -0.1) is 0 Å². The highest BCUT2D eigenvalue weighted by Gasteiger charge is 2.69. The molecule has 0 amide bonds. The van der Waals surface area contributed by atoms with Gasteiger partial charge in [0.15, 0.2) is 5.78 Å². The second kappa shape index (κ2) is 6.29. The first-order valence-electron chi connectivity index (χ1n) is 9.21. The Bertz CT molecular complexity index is 698. The van der Waals surface area contributed by atoms with E-state index in [-0.39, 0.29) is 18.6 Å². The molecule has 2 bridgehead atoms. The molecule has 150 valence electrons. The number of rotatable bonds is 2. The summed E-state index contributed by atoms with van der Waals surface area (Å²) >= 11 is 0. The number of fused-ring (bicyclic) bond motifs is 3. The second-order valence-corrected chi connectivity index (χ2v) is 8.47. The summed E-state index contributed by atoms with van der Waals surface area (Å²) in [4.78, 5) is 49.1. The van der Waals surface area contributed by atoms with Gasteiger partial charge < -0.3 is 19.3 Å². The van der Waals surface area contributed by atoms with Crippen LogP contribution in [-0.4, -0.2) is 52.7 Å². The lowest BCUT2D eigenvalue weighted by atomic mass is 9.65. The van der Waals surface area contributed by atoms with Crippen LogP contribution in [0.25, 0.3) is 0 Å². The molecule has 1 saturated heterocycles. The summed E-state index contributed by atoms with van der Waals surface area (Å²) in [5.74, 6) is -4.03. The molecule has 8 nitrogen and oxygen atoms in total. The molecule has 1 N–H and O–H groups in total. The van der Waals surface area contributed by atoms with Crippen LogP contribution in [0.1, 0.15) is 47.5 Å². The monoisotopic (exact) mass is 382 g/mol. The van der Waals surface area contributed by atoms with E-state index in [2.05, 4.69) is 0 Å². The molecular formula is C19H26O8. The van der Waals surface area contributed by atoms with Crippen molar-refractivity contribution in [3.05, 3.63) is 0 Å². The minimum atomic E-state index is -1.44. The van der Waals surface area contributed by atoms with Crippen molar-refractivity contribution in [2.45, 2.75) is 71.4 Å². The highest BCUT2D eigenvalue weighted by Crippen LogP contribution is 2.55. The number of hydrogen-bond donors (Lipinski definition) is 1. The normalized spacial score (nSPS) is 46.1. The molecule has 3 rings (SSSR count).